The van der Waals surface area contributed by atoms with Crippen LogP contribution in [0.4, 0.5) is 5.69 Å². The molecule has 0 fully saturated rings. The van der Waals surface area contributed by atoms with Crippen LogP contribution in [0.25, 0.3) is 0 Å². The Morgan fingerprint density at radius 1 is 1.31 bits per heavy atom. The Hall–Kier alpha value is -0.540. The molecule has 0 amide bonds. The quantitative estimate of drug-likeness (QED) is 0.861. The fourth-order valence-corrected chi connectivity index (χ4v) is 2.12. The molecule has 0 saturated heterocycles. The molecule has 90 valence electrons. The zero-order valence-electron chi connectivity index (χ0n) is 10.5. The van der Waals surface area contributed by atoms with Crippen LogP contribution in [0, 0.1) is 5.41 Å². The van der Waals surface area contributed by atoms with E-state index in [-0.39, 0.29) is 0 Å². The minimum Gasteiger partial charge on any atom is -0.398 e. The summed E-state index contributed by atoms with van der Waals surface area (Å²) in [5.74, 6) is 0. The maximum atomic E-state index is 5.86. The van der Waals surface area contributed by atoms with E-state index in [1.807, 2.05) is 12.1 Å². The summed E-state index contributed by atoms with van der Waals surface area (Å²) in [6.45, 7) is 8.76. The average molecular weight is 285 g/mol. The Labute approximate surface area is 107 Å². The van der Waals surface area contributed by atoms with Crippen molar-refractivity contribution in [3.8, 4) is 0 Å². The number of rotatable bonds is 3. The second-order valence-electron chi connectivity index (χ2n) is 5.59. The number of nitrogen functional groups attached to an aromatic ring is 1. The van der Waals surface area contributed by atoms with Crippen LogP contribution < -0.4 is 5.73 Å². The van der Waals surface area contributed by atoms with Gasteiger partial charge < -0.3 is 10.6 Å². The number of halogens is 1. The van der Waals surface area contributed by atoms with Crippen molar-refractivity contribution >= 4 is 21.6 Å². The summed E-state index contributed by atoms with van der Waals surface area (Å²) in [6.07, 6.45) is 0. The number of hydrogen-bond donors (Lipinski definition) is 1. The van der Waals surface area contributed by atoms with Gasteiger partial charge in [-0.2, -0.15) is 0 Å². The highest BCUT2D eigenvalue weighted by Gasteiger charge is 2.13. The van der Waals surface area contributed by atoms with E-state index in [0.29, 0.717) is 5.41 Å². The Bertz CT molecular complexity index is 355. The third-order valence-corrected chi connectivity index (χ3v) is 2.98. The van der Waals surface area contributed by atoms with Gasteiger partial charge in [-0.3, -0.25) is 0 Å². The Morgan fingerprint density at radius 2 is 1.94 bits per heavy atom. The van der Waals surface area contributed by atoms with E-state index in [9.17, 15) is 0 Å². The summed E-state index contributed by atoms with van der Waals surface area (Å²) in [5, 5.41) is 0. The predicted molar refractivity (Wildman–Crippen MR) is 74.3 cm³/mol. The van der Waals surface area contributed by atoms with E-state index in [1.54, 1.807) is 0 Å². The average Bonchev–Trinajstić information content (AvgIpc) is 2.08. The first-order valence-electron chi connectivity index (χ1n) is 5.50. The molecule has 0 atom stereocenters. The van der Waals surface area contributed by atoms with E-state index in [1.165, 1.54) is 5.56 Å². The normalized spacial score (nSPS) is 12.1. The first-order chi connectivity index (χ1) is 7.28. The van der Waals surface area contributed by atoms with Gasteiger partial charge >= 0.3 is 0 Å². The molecule has 0 spiro atoms. The molecule has 2 N–H and O–H groups in total. The summed E-state index contributed by atoms with van der Waals surface area (Å²) in [5.41, 5.74) is 8.25. The van der Waals surface area contributed by atoms with Crippen molar-refractivity contribution in [2.75, 3.05) is 19.3 Å². The van der Waals surface area contributed by atoms with E-state index in [0.717, 1.165) is 23.2 Å². The highest BCUT2D eigenvalue weighted by Crippen LogP contribution is 2.22. The maximum absolute atomic E-state index is 5.86. The Morgan fingerprint density at radius 3 is 2.44 bits per heavy atom. The van der Waals surface area contributed by atoms with E-state index in [4.69, 9.17) is 5.73 Å². The zero-order valence-corrected chi connectivity index (χ0v) is 12.1. The van der Waals surface area contributed by atoms with Gasteiger partial charge in [-0.15, -0.1) is 0 Å². The molecule has 0 bridgehead atoms. The largest absolute Gasteiger partial charge is 0.398 e. The van der Waals surface area contributed by atoms with Crippen LogP contribution in [0.2, 0.25) is 0 Å². The minimum atomic E-state index is 0.329. The number of hydrogen-bond acceptors (Lipinski definition) is 2. The van der Waals surface area contributed by atoms with E-state index >= 15 is 0 Å². The standard InChI is InChI=1S/C13H21BrN2/c1-13(2,3)9-16(4)8-10-5-6-11(14)12(15)7-10/h5-7H,8-9,15H2,1-4H3. The topological polar surface area (TPSA) is 29.3 Å². The lowest BCUT2D eigenvalue weighted by Gasteiger charge is -2.26. The van der Waals surface area contributed by atoms with Crippen LogP contribution in [0.1, 0.15) is 26.3 Å². The molecule has 0 aliphatic rings. The fraction of sp³-hybridized carbons (Fsp3) is 0.538. The van der Waals surface area contributed by atoms with Crippen molar-refractivity contribution in [1.29, 1.82) is 0 Å². The van der Waals surface area contributed by atoms with Gasteiger partial charge in [0.15, 0.2) is 0 Å². The van der Waals surface area contributed by atoms with Gasteiger partial charge in [0.2, 0.25) is 0 Å². The Kier molecular flexibility index (Phi) is 4.39. The van der Waals surface area contributed by atoms with Crippen molar-refractivity contribution < 1.29 is 0 Å². The van der Waals surface area contributed by atoms with Crippen LogP contribution >= 0.6 is 15.9 Å². The maximum Gasteiger partial charge on any atom is 0.0461 e. The molecule has 2 nitrogen and oxygen atoms in total. The van der Waals surface area contributed by atoms with Gasteiger partial charge in [0.1, 0.15) is 0 Å². The molecule has 0 saturated carbocycles. The van der Waals surface area contributed by atoms with Gasteiger partial charge in [-0.1, -0.05) is 26.8 Å². The molecule has 16 heavy (non-hydrogen) atoms. The van der Waals surface area contributed by atoms with Gasteiger partial charge in [-0.05, 0) is 46.1 Å². The van der Waals surface area contributed by atoms with Crippen LogP contribution in [0.3, 0.4) is 0 Å². The molecule has 3 heteroatoms. The van der Waals surface area contributed by atoms with Gasteiger partial charge in [-0.25, -0.2) is 0 Å². The van der Waals surface area contributed by atoms with Crippen molar-refractivity contribution in [1.82, 2.24) is 4.90 Å². The monoisotopic (exact) mass is 284 g/mol. The second kappa shape index (κ2) is 5.19. The zero-order chi connectivity index (χ0) is 12.3. The first-order valence-corrected chi connectivity index (χ1v) is 6.30. The van der Waals surface area contributed by atoms with Crippen LogP contribution in [-0.4, -0.2) is 18.5 Å². The molecule has 1 aromatic carbocycles. The smallest absolute Gasteiger partial charge is 0.0461 e. The molecule has 0 unspecified atom stereocenters. The van der Waals surface area contributed by atoms with Gasteiger partial charge in [0, 0.05) is 23.2 Å². The number of anilines is 1. The number of nitrogens with zero attached hydrogens (tertiary/aromatic N) is 1. The highest BCUT2D eigenvalue weighted by atomic mass is 79.9. The van der Waals surface area contributed by atoms with Crippen molar-refractivity contribution in [2.24, 2.45) is 5.41 Å². The highest BCUT2D eigenvalue weighted by molar-refractivity contribution is 9.10. The summed E-state index contributed by atoms with van der Waals surface area (Å²) in [7, 11) is 2.14. The van der Waals surface area contributed by atoms with Crippen LogP contribution in [0.15, 0.2) is 22.7 Å². The second-order valence-corrected chi connectivity index (χ2v) is 6.44. The van der Waals surface area contributed by atoms with Gasteiger partial charge in [0.05, 0.1) is 0 Å². The predicted octanol–water partition coefficient (Wildman–Crippen LogP) is 3.51. The van der Waals surface area contributed by atoms with Crippen molar-refractivity contribution in [3.63, 3.8) is 0 Å². The summed E-state index contributed by atoms with van der Waals surface area (Å²) >= 11 is 3.41. The molecule has 1 rings (SSSR count). The van der Waals surface area contributed by atoms with Crippen LogP contribution in [-0.2, 0) is 6.54 Å². The third kappa shape index (κ3) is 4.54. The van der Waals surface area contributed by atoms with E-state index < -0.39 is 0 Å². The lowest BCUT2D eigenvalue weighted by Crippen LogP contribution is -2.28. The molecule has 0 aliphatic heterocycles. The summed E-state index contributed by atoms with van der Waals surface area (Å²) < 4.78 is 0.967. The SMILES string of the molecule is CN(Cc1ccc(Br)c(N)c1)CC(C)(C)C. The van der Waals surface area contributed by atoms with E-state index in [2.05, 4.69) is 54.7 Å². The van der Waals surface area contributed by atoms with Crippen molar-refractivity contribution in [2.45, 2.75) is 27.3 Å². The summed E-state index contributed by atoms with van der Waals surface area (Å²) in [6, 6.07) is 6.15. The third-order valence-electron chi connectivity index (χ3n) is 2.26. The molecule has 0 radical (unpaired) electrons. The minimum absolute atomic E-state index is 0.329. The first kappa shape index (κ1) is 13.5. The molecule has 0 aliphatic carbocycles. The molecular formula is C13H21BrN2. The van der Waals surface area contributed by atoms with Crippen LogP contribution in [0.5, 0.6) is 0 Å². The molecule has 1 aromatic rings. The lowest BCUT2D eigenvalue weighted by molar-refractivity contribution is 0.221. The molecular weight excluding hydrogens is 264 g/mol. The molecule has 0 heterocycles. The fourth-order valence-electron chi connectivity index (χ4n) is 1.87. The number of benzene rings is 1. The number of nitrogens with two attached hydrogens (primary N) is 1. The molecule has 0 aromatic heterocycles. The summed E-state index contributed by atoms with van der Waals surface area (Å²) in [4.78, 5) is 2.32. The lowest BCUT2D eigenvalue weighted by atomic mass is 9.96. The van der Waals surface area contributed by atoms with Gasteiger partial charge in [0.25, 0.3) is 0 Å². The Balaban J connectivity index is 2.63. The van der Waals surface area contributed by atoms with Crippen molar-refractivity contribution in [3.05, 3.63) is 28.2 Å².